The van der Waals surface area contributed by atoms with Crippen LogP contribution in [0.1, 0.15) is 51.9 Å². The van der Waals surface area contributed by atoms with Crippen molar-refractivity contribution in [3.8, 4) is 0 Å². The van der Waals surface area contributed by atoms with E-state index < -0.39 is 32.9 Å². The number of nitrogens with one attached hydrogen (secondary N) is 2. The lowest BCUT2D eigenvalue weighted by atomic mass is 9.91. The largest absolute Gasteiger partial charge is 0.516 e. The van der Waals surface area contributed by atoms with E-state index in [0.717, 1.165) is 40.7 Å². The zero-order valence-corrected chi connectivity index (χ0v) is 19.1. The number of rotatable bonds is 5. The van der Waals surface area contributed by atoms with Gasteiger partial charge in [-0.3, -0.25) is 9.59 Å². The van der Waals surface area contributed by atoms with Crippen molar-refractivity contribution < 1.29 is 31.2 Å². The Labute approximate surface area is 195 Å². The Morgan fingerprint density at radius 2 is 1.65 bits per heavy atom. The summed E-state index contributed by atoms with van der Waals surface area (Å²) in [7, 11) is -5.95. The molecule has 4 rings (SSSR count). The van der Waals surface area contributed by atoms with E-state index in [1.54, 1.807) is 36.4 Å². The SMILES string of the molecule is Cc1cccc(C(=O)NC2(C(=O)NS(=O)(=O)C(F)(F)F)Cc3ccccc3C2)c1C1=CCCC1. The van der Waals surface area contributed by atoms with Crippen LogP contribution in [0.25, 0.3) is 5.57 Å². The minimum atomic E-state index is -5.95. The number of carbonyl (C=O) groups is 2. The molecule has 2 aliphatic carbocycles. The van der Waals surface area contributed by atoms with Gasteiger partial charge in [0.25, 0.3) is 11.8 Å². The molecule has 0 spiro atoms. The van der Waals surface area contributed by atoms with Gasteiger partial charge >= 0.3 is 15.5 Å². The van der Waals surface area contributed by atoms with E-state index in [4.69, 9.17) is 0 Å². The molecule has 2 aromatic carbocycles. The Balaban J connectivity index is 1.72. The van der Waals surface area contributed by atoms with Gasteiger partial charge in [-0.1, -0.05) is 42.5 Å². The Kier molecular flexibility index (Phi) is 6.05. The number of carbonyl (C=O) groups excluding carboxylic acids is 2. The number of halogens is 3. The van der Waals surface area contributed by atoms with E-state index in [2.05, 4.69) is 5.32 Å². The van der Waals surface area contributed by atoms with Crippen molar-refractivity contribution in [3.05, 3.63) is 76.4 Å². The quantitative estimate of drug-likeness (QED) is 0.664. The number of aryl methyl sites for hydroxylation is 1. The second kappa shape index (κ2) is 8.57. The zero-order valence-electron chi connectivity index (χ0n) is 18.3. The fourth-order valence-electron chi connectivity index (χ4n) is 4.66. The van der Waals surface area contributed by atoms with Gasteiger partial charge in [0.1, 0.15) is 5.54 Å². The second-order valence-corrected chi connectivity index (χ2v) is 10.3. The summed E-state index contributed by atoms with van der Waals surface area (Å²) in [4.78, 5) is 26.5. The Morgan fingerprint density at radius 1 is 1.00 bits per heavy atom. The molecule has 0 saturated heterocycles. The molecular weight excluding hydrogens is 469 g/mol. The lowest BCUT2D eigenvalue weighted by molar-refractivity contribution is -0.125. The Morgan fingerprint density at radius 3 is 2.21 bits per heavy atom. The highest BCUT2D eigenvalue weighted by atomic mass is 32.2. The van der Waals surface area contributed by atoms with Crippen LogP contribution in [0.5, 0.6) is 0 Å². The molecule has 0 fully saturated rings. The van der Waals surface area contributed by atoms with E-state index in [0.29, 0.717) is 11.1 Å². The highest BCUT2D eigenvalue weighted by Crippen LogP contribution is 2.35. The Hall–Kier alpha value is -3.14. The van der Waals surface area contributed by atoms with Crippen molar-refractivity contribution in [2.24, 2.45) is 0 Å². The fourth-order valence-corrected chi connectivity index (χ4v) is 5.22. The topological polar surface area (TPSA) is 92.3 Å². The molecule has 0 radical (unpaired) electrons. The van der Waals surface area contributed by atoms with Crippen LogP contribution in [-0.4, -0.2) is 31.3 Å². The summed E-state index contributed by atoms with van der Waals surface area (Å²) in [5, 5.41) is 2.61. The minimum Gasteiger partial charge on any atom is -0.337 e. The van der Waals surface area contributed by atoms with Gasteiger partial charge in [-0.05, 0) is 60.1 Å². The molecule has 34 heavy (non-hydrogen) atoms. The van der Waals surface area contributed by atoms with Crippen LogP contribution in [0.15, 0.2) is 48.5 Å². The molecule has 0 aliphatic heterocycles. The summed E-state index contributed by atoms with van der Waals surface area (Å²) < 4.78 is 63.4. The molecule has 2 N–H and O–H groups in total. The predicted octanol–water partition coefficient (Wildman–Crippen LogP) is 3.80. The van der Waals surface area contributed by atoms with E-state index >= 15 is 0 Å². The summed E-state index contributed by atoms with van der Waals surface area (Å²) in [6.45, 7) is 1.86. The number of hydrogen-bond acceptors (Lipinski definition) is 4. The number of alkyl halides is 3. The monoisotopic (exact) mass is 492 g/mol. The molecule has 0 bridgehead atoms. The first-order chi connectivity index (χ1) is 15.9. The van der Waals surface area contributed by atoms with Crippen LogP contribution in [0, 0.1) is 6.92 Å². The molecular formula is C24H23F3N2O4S. The van der Waals surface area contributed by atoms with Crippen LogP contribution in [-0.2, 0) is 27.7 Å². The standard InChI is InChI=1S/C24H23F3N2O4S/c1-15-7-6-12-19(20(15)16-8-2-3-9-16)21(30)28-23(13-17-10-4-5-11-18(17)14-23)22(31)29-34(32,33)24(25,26)27/h4-8,10-12H,2-3,9,13-14H2,1H3,(H,28,30)(H,29,31). The van der Waals surface area contributed by atoms with Gasteiger partial charge in [-0.25, -0.2) is 4.72 Å². The van der Waals surface area contributed by atoms with Crippen molar-refractivity contribution in [1.82, 2.24) is 10.0 Å². The predicted molar refractivity (Wildman–Crippen MR) is 120 cm³/mol. The molecule has 0 unspecified atom stereocenters. The average Bonchev–Trinajstić information content (AvgIpc) is 3.40. The van der Waals surface area contributed by atoms with E-state index in [1.807, 2.05) is 19.1 Å². The molecule has 6 nitrogen and oxygen atoms in total. The van der Waals surface area contributed by atoms with Crippen molar-refractivity contribution in [3.63, 3.8) is 0 Å². The maximum atomic E-state index is 13.5. The number of amides is 2. The van der Waals surface area contributed by atoms with Crippen LogP contribution in [0.2, 0.25) is 0 Å². The van der Waals surface area contributed by atoms with Crippen LogP contribution in [0.4, 0.5) is 13.2 Å². The molecule has 0 heterocycles. The van der Waals surface area contributed by atoms with Gasteiger partial charge < -0.3 is 5.32 Å². The molecule has 0 saturated carbocycles. The first kappa shape index (κ1) is 24.0. The van der Waals surface area contributed by atoms with Crippen LogP contribution >= 0.6 is 0 Å². The maximum absolute atomic E-state index is 13.5. The molecule has 2 aromatic rings. The van der Waals surface area contributed by atoms with Gasteiger partial charge in [-0.15, -0.1) is 0 Å². The van der Waals surface area contributed by atoms with Crippen molar-refractivity contribution >= 4 is 27.4 Å². The molecule has 2 amide bonds. The summed E-state index contributed by atoms with van der Waals surface area (Å²) in [5.41, 5.74) is -3.41. The highest BCUT2D eigenvalue weighted by molar-refractivity contribution is 7.90. The number of sulfonamides is 1. The van der Waals surface area contributed by atoms with Gasteiger partial charge in [0.05, 0.1) is 0 Å². The first-order valence-electron chi connectivity index (χ1n) is 10.8. The molecule has 0 aromatic heterocycles. The minimum absolute atomic E-state index is 0.141. The highest BCUT2D eigenvalue weighted by Gasteiger charge is 2.52. The van der Waals surface area contributed by atoms with Crippen molar-refractivity contribution in [1.29, 1.82) is 0 Å². The fraction of sp³-hybridized carbons (Fsp3) is 0.333. The van der Waals surface area contributed by atoms with Gasteiger partial charge in [0.15, 0.2) is 0 Å². The average molecular weight is 493 g/mol. The molecule has 2 aliphatic rings. The number of hydrogen-bond donors (Lipinski definition) is 2. The third-order valence-electron chi connectivity index (χ3n) is 6.30. The third kappa shape index (κ3) is 4.34. The normalized spacial score (nSPS) is 17.1. The summed E-state index contributed by atoms with van der Waals surface area (Å²) in [6, 6.07) is 11.9. The Bertz CT molecular complexity index is 1270. The van der Waals surface area contributed by atoms with Crippen LogP contribution < -0.4 is 10.0 Å². The molecule has 0 atom stereocenters. The van der Waals surface area contributed by atoms with E-state index in [1.165, 1.54) is 0 Å². The number of fused-ring (bicyclic) bond motifs is 1. The number of benzene rings is 2. The maximum Gasteiger partial charge on any atom is 0.516 e. The lowest BCUT2D eigenvalue weighted by Gasteiger charge is -2.29. The first-order valence-corrected chi connectivity index (χ1v) is 12.2. The van der Waals surface area contributed by atoms with Crippen molar-refractivity contribution in [2.75, 3.05) is 0 Å². The third-order valence-corrected chi connectivity index (χ3v) is 7.37. The van der Waals surface area contributed by atoms with Crippen LogP contribution in [0.3, 0.4) is 0 Å². The van der Waals surface area contributed by atoms with E-state index in [-0.39, 0.29) is 18.4 Å². The molecule has 180 valence electrons. The summed E-state index contributed by atoms with van der Waals surface area (Å²) >= 11 is 0. The zero-order chi connectivity index (χ0) is 24.7. The number of allylic oxidation sites excluding steroid dienone is 2. The van der Waals surface area contributed by atoms with E-state index in [9.17, 15) is 31.2 Å². The second-order valence-electron chi connectivity index (χ2n) is 8.66. The lowest BCUT2D eigenvalue weighted by Crippen LogP contribution is -2.61. The van der Waals surface area contributed by atoms with Crippen molar-refractivity contribution in [2.45, 2.75) is 50.1 Å². The summed E-state index contributed by atoms with van der Waals surface area (Å²) in [6.07, 6.45) is 4.37. The molecule has 10 heteroatoms. The van der Waals surface area contributed by atoms with Gasteiger partial charge in [-0.2, -0.15) is 21.6 Å². The smallest absolute Gasteiger partial charge is 0.337 e. The summed E-state index contributed by atoms with van der Waals surface area (Å²) in [5.74, 6) is -2.08. The van der Waals surface area contributed by atoms with Gasteiger partial charge in [0.2, 0.25) is 0 Å². The van der Waals surface area contributed by atoms with Gasteiger partial charge in [0, 0.05) is 18.4 Å².